The van der Waals surface area contributed by atoms with Gasteiger partial charge < -0.3 is 14.7 Å². The van der Waals surface area contributed by atoms with Gasteiger partial charge in [0.15, 0.2) is 5.82 Å². The molecular formula is C15H18N4O3S. The molecule has 0 bridgehead atoms. The Morgan fingerprint density at radius 1 is 1.57 bits per heavy atom. The highest BCUT2D eigenvalue weighted by atomic mass is 32.1. The molecule has 1 aliphatic rings. The number of amides is 2. The summed E-state index contributed by atoms with van der Waals surface area (Å²) in [7, 11) is 0. The molecule has 0 aliphatic carbocycles. The predicted octanol–water partition coefficient (Wildman–Crippen LogP) is 1.82. The van der Waals surface area contributed by atoms with Gasteiger partial charge in [0.05, 0.1) is 12.1 Å². The second-order valence-electron chi connectivity index (χ2n) is 5.36. The second-order valence-corrected chi connectivity index (χ2v) is 6.14. The molecule has 0 aromatic carbocycles. The number of nitrogens with zero attached hydrogens (tertiary/aromatic N) is 3. The zero-order chi connectivity index (χ0) is 16.2. The van der Waals surface area contributed by atoms with E-state index in [0.29, 0.717) is 31.1 Å². The summed E-state index contributed by atoms with van der Waals surface area (Å²) in [6.07, 6.45) is 1.93. The lowest BCUT2D eigenvalue weighted by molar-refractivity contribution is -0.137. The lowest BCUT2D eigenvalue weighted by atomic mass is 10.2. The molecule has 2 amide bonds. The summed E-state index contributed by atoms with van der Waals surface area (Å²) in [5.74, 6) is 0.732. The Labute approximate surface area is 137 Å². The molecule has 8 heteroatoms. The molecule has 3 heterocycles. The standard InChI is InChI=1S/C15H18N4O3S/c1-2-11(19-6-3-4-13(19)20)14(21)16-8-12-17-15(22-18-12)10-5-7-23-9-10/h5,7,9,11H,2-4,6,8H2,1H3,(H,16,21)/t11-/m0/s1. The minimum absolute atomic E-state index is 0.0475. The Balaban J connectivity index is 1.59. The normalized spacial score (nSPS) is 15.9. The molecule has 0 spiro atoms. The Morgan fingerprint density at radius 3 is 3.09 bits per heavy atom. The monoisotopic (exact) mass is 334 g/mol. The van der Waals surface area contributed by atoms with E-state index in [1.165, 1.54) is 0 Å². The van der Waals surface area contributed by atoms with Crippen LogP contribution < -0.4 is 5.32 Å². The van der Waals surface area contributed by atoms with Crippen LogP contribution in [-0.4, -0.2) is 39.4 Å². The van der Waals surface area contributed by atoms with Crippen LogP contribution in [0.2, 0.25) is 0 Å². The SMILES string of the molecule is CC[C@@H](C(=O)NCc1noc(-c2ccsc2)n1)N1CCCC1=O. The van der Waals surface area contributed by atoms with E-state index in [4.69, 9.17) is 4.52 Å². The molecule has 23 heavy (non-hydrogen) atoms. The number of rotatable bonds is 6. The average Bonchev–Trinajstić information content (AvgIpc) is 3.27. The summed E-state index contributed by atoms with van der Waals surface area (Å²) in [4.78, 5) is 30.0. The Kier molecular flexibility index (Phi) is 4.71. The first-order chi connectivity index (χ1) is 11.2. The molecule has 2 aromatic rings. The highest BCUT2D eigenvalue weighted by Crippen LogP contribution is 2.20. The van der Waals surface area contributed by atoms with Crippen LogP contribution in [0.15, 0.2) is 21.3 Å². The summed E-state index contributed by atoms with van der Waals surface area (Å²) in [6.45, 7) is 2.74. The number of nitrogens with one attached hydrogen (secondary N) is 1. The van der Waals surface area contributed by atoms with Crippen molar-refractivity contribution < 1.29 is 14.1 Å². The maximum absolute atomic E-state index is 12.3. The smallest absolute Gasteiger partial charge is 0.258 e. The van der Waals surface area contributed by atoms with Crippen molar-refractivity contribution in [1.29, 1.82) is 0 Å². The predicted molar refractivity (Wildman–Crippen MR) is 84.5 cm³/mol. The van der Waals surface area contributed by atoms with Crippen molar-refractivity contribution in [2.45, 2.75) is 38.8 Å². The van der Waals surface area contributed by atoms with E-state index in [9.17, 15) is 9.59 Å². The van der Waals surface area contributed by atoms with E-state index in [0.717, 1.165) is 12.0 Å². The number of aromatic nitrogens is 2. The number of carbonyl (C=O) groups is 2. The molecule has 0 saturated carbocycles. The van der Waals surface area contributed by atoms with E-state index in [1.54, 1.807) is 16.2 Å². The number of hydrogen-bond acceptors (Lipinski definition) is 6. The number of likely N-dealkylation sites (tertiary alicyclic amines) is 1. The minimum atomic E-state index is -0.423. The topological polar surface area (TPSA) is 88.3 Å². The van der Waals surface area contributed by atoms with Crippen LogP contribution in [0.5, 0.6) is 0 Å². The molecule has 122 valence electrons. The summed E-state index contributed by atoms with van der Waals surface area (Å²) < 4.78 is 5.17. The van der Waals surface area contributed by atoms with Gasteiger partial charge in [-0.2, -0.15) is 16.3 Å². The first-order valence-electron chi connectivity index (χ1n) is 7.61. The molecule has 1 fully saturated rings. The van der Waals surface area contributed by atoms with Crippen LogP contribution >= 0.6 is 11.3 Å². The second kappa shape index (κ2) is 6.91. The van der Waals surface area contributed by atoms with E-state index in [1.807, 2.05) is 23.8 Å². The number of hydrogen-bond donors (Lipinski definition) is 1. The van der Waals surface area contributed by atoms with Crippen LogP contribution in [0.3, 0.4) is 0 Å². The lowest BCUT2D eigenvalue weighted by Crippen LogP contribution is -2.47. The van der Waals surface area contributed by atoms with Crippen molar-refractivity contribution in [3.63, 3.8) is 0 Å². The van der Waals surface area contributed by atoms with Gasteiger partial charge in [-0.1, -0.05) is 12.1 Å². The van der Waals surface area contributed by atoms with Crippen LogP contribution in [0.4, 0.5) is 0 Å². The quantitative estimate of drug-likeness (QED) is 0.870. The van der Waals surface area contributed by atoms with Gasteiger partial charge in [0.1, 0.15) is 6.04 Å². The van der Waals surface area contributed by atoms with E-state index >= 15 is 0 Å². The van der Waals surface area contributed by atoms with Gasteiger partial charge in [-0.25, -0.2) is 0 Å². The Bertz CT molecular complexity index is 683. The summed E-state index contributed by atoms with van der Waals surface area (Å²) in [5, 5.41) is 10.5. The maximum atomic E-state index is 12.3. The zero-order valence-corrected chi connectivity index (χ0v) is 13.6. The van der Waals surface area contributed by atoms with Crippen molar-refractivity contribution in [3.05, 3.63) is 22.7 Å². The van der Waals surface area contributed by atoms with Gasteiger partial charge in [0.25, 0.3) is 5.89 Å². The van der Waals surface area contributed by atoms with Gasteiger partial charge >= 0.3 is 0 Å². The highest BCUT2D eigenvalue weighted by Gasteiger charge is 2.31. The van der Waals surface area contributed by atoms with Gasteiger partial charge in [-0.15, -0.1) is 0 Å². The average molecular weight is 334 g/mol. The van der Waals surface area contributed by atoms with Crippen molar-refractivity contribution in [2.75, 3.05) is 6.54 Å². The molecule has 1 aliphatic heterocycles. The van der Waals surface area contributed by atoms with Crippen LogP contribution in [0.25, 0.3) is 11.5 Å². The van der Waals surface area contributed by atoms with E-state index in [2.05, 4.69) is 15.5 Å². The minimum Gasteiger partial charge on any atom is -0.347 e. The van der Waals surface area contributed by atoms with Crippen LogP contribution in [-0.2, 0) is 16.1 Å². The molecule has 1 N–H and O–H groups in total. The Morgan fingerprint density at radius 2 is 2.43 bits per heavy atom. The molecule has 0 radical (unpaired) electrons. The number of carbonyl (C=O) groups excluding carboxylic acids is 2. The molecule has 3 rings (SSSR count). The van der Waals surface area contributed by atoms with Crippen molar-refractivity contribution >= 4 is 23.2 Å². The highest BCUT2D eigenvalue weighted by molar-refractivity contribution is 7.08. The van der Waals surface area contributed by atoms with Crippen LogP contribution in [0, 0.1) is 0 Å². The maximum Gasteiger partial charge on any atom is 0.258 e. The molecule has 1 saturated heterocycles. The third kappa shape index (κ3) is 3.42. The first kappa shape index (κ1) is 15.7. The van der Waals surface area contributed by atoms with Gasteiger partial charge in [-0.3, -0.25) is 9.59 Å². The zero-order valence-electron chi connectivity index (χ0n) is 12.8. The van der Waals surface area contributed by atoms with E-state index in [-0.39, 0.29) is 18.4 Å². The number of thiophene rings is 1. The molecular weight excluding hydrogens is 316 g/mol. The van der Waals surface area contributed by atoms with Crippen LogP contribution in [0.1, 0.15) is 32.0 Å². The fourth-order valence-electron chi connectivity index (χ4n) is 2.66. The van der Waals surface area contributed by atoms with Crippen molar-refractivity contribution in [1.82, 2.24) is 20.4 Å². The fourth-order valence-corrected chi connectivity index (χ4v) is 3.29. The van der Waals surface area contributed by atoms with Crippen molar-refractivity contribution in [2.24, 2.45) is 0 Å². The third-order valence-electron chi connectivity index (χ3n) is 3.83. The summed E-state index contributed by atoms with van der Waals surface area (Å²) in [6, 6.07) is 1.47. The molecule has 7 nitrogen and oxygen atoms in total. The van der Waals surface area contributed by atoms with Crippen molar-refractivity contribution in [3.8, 4) is 11.5 Å². The van der Waals surface area contributed by atoms with E-state index < -0.39 is 6.04 Å². The first-order valence-corrected chi connectivity index (χ1v) is 8.55. The summed E-state index contributed by atoms with van der Waals surface area (Å²) >= 11 is 1.55. The Hall–Kier alpha value is -2.22. The molecule has 1 atom stereocenters. The fraction of sp³-hybridized carbons (Fsp3) is 0.467. The third-order valence-corrected chi connectivity index (χ3v) is 4.52. The van der Waals surface area contributed by atoms with Gasteiger partial charge in [0, 0.05) is 18.3 Å². The largest absolute Gasteiger partial charge is 0.347 e. The molecule has 0 unspecified atom stereocenters. The van der Waals surface area contributed by atoms with Gasteiger partial charge in [0.2, 0.25) is 11.8 Å². The lowest BCUT2D eigenvalue weighted by Gasteiger charge is -2.25. The summed E-state index contributed by atoms with van der Waals surface area (Å²) in [5.41, 5.74) is 0.870. The van der Waals surface area contributed by atoms with Gasteiger partial charge in [-0.05, 0) is 24.3 Å². The molecule has 2 aromatic heterocycles.